The minimum atomic E-state index is -1.21. The number of halogens is 3. The van der Waals surface area contributed by atoms with Gasteiger partial charge >= 0.3 is 0 Å². The van der Waals surface area contributed by atoms with Gasteiger partial charge in [-0.2, -0.15) is 4.98 Å². The van der Waals surface area contributed by atoms with E-state index >= 15 is 0 Å². The number of hydrogen-bond donors (Lipinski definition) is 1. The smallest absolute Gasteiger partial charge is 0.262 e. The van der Waals surface area contributed by atoms with E-state index in [1.165, 1.54) is 0 Å². The Morgan fingerprint density at radius 3 is 2.36 bits per heavy atom. The molecule has 0 atom stereocenters. The summed E-state index contributed by atoms with van der Waals surface area (Å²) in [7, 11) is 0. The van der Waals surface area contributed by atoms with E-state index in [2.05, 4.69) is 10.1 Å². The molecule has 0 saturated heterocycles. The lowest BCUT2D eigenvalue weighted by Crippen LogP contribution is -2.21. The highest BCUT2D eigenvalue weighted by Crippen LogP contribution is 2.23. The fourth-order valence-corrected chi connectivity index (χ4v) is 2.27. The van der Waals surface area contributed by atoms with Crippen LogP contribution >= 0.6 is 0 Å². The maximum Gasteiger partial charge on any atom is 0.262 e. The third-order valence-electron chi connectivity index (χ3n) is 3.70. The van der Waals surface area contributed by atoms with Crippen molar-refractivity contribution >= 4 is 11.6 Å². The Labute approximate surface area is 158 Å². The van der Waals surface area contributed by atoms with Gasteiger partial charge in [0.2, 0.25) is 0 Å². The van der Waals surface area contributed by atoms with Gasteiger partial charge in [-0.05, 0) is 24.3 Å². The first-order chi connectivity index (χ1) is 13.3. The van der Waals surface area contributed by atoms with Crippen LogP contribution in [0.3, 0.4) is 0 Å². The third kappa shape index (κ3) is 4.48. The van der Waals surface area contributed by atoms with Crippen LogP contribution < -0.4 is 10.1 Å². The van der Waals surface area contributed by atoms with Crippen molar-refractivity contribution in [2.24, 2.45) is 0 Å². The van der Waals surface area contributed by atoms with Gasteiger partial charge in [0.25, 0.3) is 11.8 Å². The molecule has 0 saturated carbocycles. The molecule has 1 amide bonds. The maximum absolute atomic E-state index is 13.5. The molecule has 0 aliphatic rings. The SMILES string of the molecule is CC(C)c1noc(-c2ccc(OCC(=O)Nc3c(F)cc(F)cc3F)cc2)n1. The quantitative estimate of drug-likeness (QED) is 0.678. The van der Waals surface area contributed by atoms with E-state index in [9.17, 15) is 18.0 Å². The van der Waals surface area contributed by atoms with E-state index in [-0.39, 0.29) is 5.92 Å². The molecule has 0 unspecified atom stereocenters. The number of ether oxygens (including phenoxy) is 1. The van der Waals surface area contributed by atoms with Crippen molar-refractivity contribution in [1.82, 2.24) is 10.1 Å². The van der Waals surface area contributed by atoms with E-state index in [0.29, 0.717) is 35.2 Å². The van der Waals surface area contributed by atoms with Gasteiger partial charge in [-0.25, -0.2) is 13.2 Å². The number of anilines is 1. The molecule has 146 valence electrons. The van der Waals surface area contributed by atoms with Crippen LogP contribution in [0.1, 0.15) is 25.6 Å². The Morgan fingerprint density at radius 2 is 1.79 bits per heavy atom. The molecule has 1 heterocycles. The van der Waals surface area contributed by atoms with Gasteiger partial charge in [-0.1, -0.05) is 19.0 Å². The number of rotatable bonds is 6. The summed E-state index contributed by atoms with van der Waals surface area (Å²) in [6, 6.07) is 7.46. The lowest BCUT2D eigenvalue weighted by molar-refractivity contribution is -0.118. The second-order valence-electron chi connectivity index (χ2n) is 6.22. The molecular weight excluding hydrogens is 375 g/mol. The summed E-state index contributed by atoms with van der Waals surface area (Å²) in [5.41, 5.74) is -0.0608. The van der Waals surface area contributed by atoms with Crippen molar-refractivity contribution < 1.29 is 27.2 Å². The number of nitrogens with zero attached hydrogens (tertiary/aromatic N) is 2. The Bertz CT molecular complexity index is 965. The maximum atomic E-state index is 13.5. The van der Waals surface area contributed by atoms with Gasteiger partial charge in [0, 0.05) is 23.6 Å². The molecule has 2 aromatic carbocycles. The molecule has 1 aromatic heterocycles. The third-order valence-corrected chi connectivity index (χ3v) is 3.70. The van der Waals surface area contributed by atoms with Crippen molar-refractivity contribution in [3.8, 4) is 17.2 Å². The number of carbonyl (C=O) groups is 1. The van der Waals surface area contributed by atoms with E-state index in [1.807, 2.05) is 19.2 Å². The molecular formula is C19H16F3N3O3. The topological polar surface area (TPSA) is 77.2 Å². The molecule has 9 heteroatoms. The van der Waals surface area contributed by atoms with Crippen LogP contribution in [0, 0.1) is 17.5 Å². The summed E-state index contributed by atoms with van der Waals surface area (Å²) in [6.07, 6.45) is 0. The van der Waals surface area contributed by atoms with Gasteiger partial charge in [0.05, 0.1) is 0 Å². The lowest BCUT2D eigenvalue weighted by Gasteiger charge is -2.09. The number of carbonyl (C=O) groups excluding carboxylic acids is 1. The minimum absolute atomic E-state index is 0.134. The Kier molecular flexibility index (Phi) is 5.62. The lowest BCUT2D eigenvalue weighted by atomic mass is 10.2. The highest BCUT2D eigenvalue weighted by atomic mass is 19.1. The van der Waals surface area contributed by atoms with E-state index < -0.39 is 35.7 Å². The predicted molar refractivity (Wildman–Crippen MR) is 94.3 cm³/mol. The van der Waals surface area contributed by atoms with Gasteiger partial charge in [0.15, 0.2) is 24.1 Å². The highest BCUT2D eigenvalue weighted by Gasteiger charge is 2.15. The molecule has 3 rings (SSSR count). The molecule has 0 aliphatic heterocycles. The Morgan fingerprint density at radius 1 is 1.14 bits per heavy atom. The van der Waals surface area contributed by atoms with E-state index in [1.54, 1.807) is 24.3 Å². The first-order valence-corrected chi connectivity index (χ1v) is 8.34. The molecule has 6 nitrogen and oxygen atoms in total. The van der Waals surface area contributed by atoms with Gasteiger partial charge in [-0.15, -0.1) is 0 Å². The summed E-state index contributed by atoms with van der Waals surface area (Å²) in [5, 5.41) is 5.89. The fraction of sp³-hybridized carbons (Fsp3) is 0.211. The van der Waals surface area contributed by atoms with Crippen LogP contribution in [0.4, 0.5) is 18.9 Å². The summed E-state index contributed by atoms with van der Waals surface area (Å²) in [5.74, 6) is -2.87. The average molecular weight is 391 g/mol. The number of nitrogens with one attached hydrogen (secondary N) is 1. The van der Waals surface area contributed by atoms with Crippen LogP contribution in [0.2, 0.25) is 0 Å². The van der Waals surface area contributed by atoms with Crippen molar-refractivity contribution in [3.05, 3.63) is 59.7 Å². The van der Waals surface area contributed by atoms with Crippen LogP contribution in [-0.4, -0.2) is 22.7 Å². The zero-order valence-electron chi connectivity index (χ0n) is 15.0. The molecule has 0 fully saturated rings. The normalized spacial score (nSPS) is 10.9. The van der Waals surface area contributed by atoms with Crippen LogP contribution in [0.5, 0.6) is 5.75 Å². The van der Waals surface area contributed by atoms with Crippen molar-refractivity contribution in [3.63, 3.8) is 0 Å². The van der Waals surface area contributed by atoms with E-state index in [0.717, 1.165) is 0 Å². The van der Waals surface area contributed by atoms with Crippen LogP contribution in [0.25, 0.3) is 11.5 Å². The first kappa shape index (κ1) is 19.4. The molecule has 1 N–H and O–H groups in total. The molecule has 3 aromatic rings. The predicted octanol–water partition coefficient (Wildman–Crippen LogP) is 4.29. The zero-order valence-corrected chi connectivity index (χ0v) is 15.0. The van der Waals surface area contributed by atoms with Gasteiger partial charge in [0.1, 0.15) is 17.3 Å². The van der Waals surface area contributed by atoms with Crippen molar-refractivity contribution in [2.45, 2.75) is 19.8 Å². The number of amides is 1. The molecule has 28 heavy (non-hydrogen) atoms. The minimum Gasteiger partial charge on any atom is -0.484 e. The van der Waals surface area contributed by atoms with E-state index in [4.69, 9.17) is 9.26 Å². The van der Waals surface area contributed by atoms with Crippen LogP contribution in [-0.2, 0) is 4.79 Å². The van der Waals surface area contributed by atoms with Gasteiger partial charge < -0.3 is 14.6 Å². The van der Waals surface area contributed by atoms with Crippen molar-refractivity contribution in [1.29, 1.82) is 0 Å². The second kappa shape index (κ2) is 8.12. The first-order valence-electron chi connectivity index (χ1n) is 8.34. The zero-order chi connectivity index (χ0) is 20.3. The summed E-state index contributed by atoms with van der Waals surface area (Å²) < 4.78 is 50.4. The summed E-state index contributed by atoms with van der Waals surface area (Å²) in [4.78, 5) is 16.1. The Hall–Kier alpha value is -3.36. The molecule has 0 radical (unpaired) electrons. The fourth-order valence-electron chi connectivity index (χ4n) is 2.27. The largest absolute Gasteiger partial charge is 0.484 e. The monoisotopic (exact) mass is 391 g/mol. The average Bonchev–Trinajstić information content (AvgIpc) is 3.14. The number of benzene rings is 2. The summed E-state index contributed by atoms with van der Waals surface area (Å²) in [6.45, 7) is 3.40. The number of hydrogen-bond acceptors (Lipinski definition) is 5. The van der Waals surface area contributed by atoms with Crippen LogP contribution in [0.15, 0.2) is 40.9 Å². The molecule has 0 spiro atoms. The second-order valence-corrected chi connectivity index (χ2v) is 6.22. The highest BCUT2D eigenvalue weighted by molar-refractivity contribution is 5.92. The molecule has 0 bridgehead atoms. The summed E-state index contributed by atoms with van der Waals surface area (Å²) >= 11 is 0. The Balaban J connectivity index is 1.59. The molecule has 0 aliphatic carbocycles. The van der Waals surface area contributed by atoms with Crippen molar-refractivity contribution in [2.75, 3.05) is 11.9 Å². The van der Waals surface area contributed by atoms with Gasteiger partial charge in [-0.3, -0.25) is 4.79 Å². The number of aromatic nitrogens is 2. The standard InChI is InChI=1S/C19H16F3N3O3/c1-10(2)18-24-19(28-25-18)11-3-5-13(6-4-11)27-9-16(26)23-17-14(21)7-12(20)8-15(17)22/h3-8,10H,9H2,1-2H3,(H,23,26).